The van der Waals surface area contributed by atoms with Gasteiger partial charge in [-0.1, -0.05) is 63.2 Å². The standard InChI is InChI=1S/C21H26O2/c1-21(2,3)16-20(22)23-19-14-8-13-18(15-19)12-7-11-17-9-5-4-6-10-17/h4-6,8-10,13-15H,7,11-12,16H2,1-3H3. The van der Waals surface area contributed by atoms with Crippen molar-refractivity contribution in [1.29, 1.82) is 0 Å². The Hall–Kier alpha value is -2.09. The van der Waals surface area contributed by atoms with E-state index in [2.05, 4.69) is 30.3 Å². The first-order chi connectivity index (χ1) is 10.9. The number of rotatable bonds is 6. The molecule has 0 fully saturated rings. The molecule has 0 unspecified atom stereocenters. The highest BCUT2D eigenvalue weighted by Crippen LogP contribution is 2.21. The molecule has 2 rings (SSSR count). The summed E-state index contributed by atoms with van der Waals surface area (Å²) >= 11 is 0. The molecule has 0 aromatic heterocycles. The second-order valence-corrected chi connectivity index (χ2v) is 7.20. The molecule has 0 aliphatic heterocycles. The van der Waals surface area contributed by atoms with Crippen molar-refractivity contribution in [3.8, 4) is 5.75 Å². The van der Waals surface area contributed by atoms with Gasteiger partial charge in [-0.2, -0.15) is 0 Å². The Kier molecular flexibility index (Phi) is 5.97. The van der Waals surface area contributed by atoms with E-state index in [0.29, 0.717) is 12.2 Å². The number of carbonyl (C=O) groups is 1. The molecule has 0 spiro atoms. The van der Waals surface area contributed by atoms with Gasteiger partial charge in [0.1, 0.15) is 5.75 Å². The molecule has 2 nitrogen and oxygen atoms in total. The smallest absolute Gasteiger partial charge is 0.311 e. The van der Waals surface area contributed by atoms with Crippen LogP contribution in [0.15, 0.2) is 54.6 Å². The maximum absolute atomic E-state index is 11.9. The summed E-state index contributed by atoms with van der Waals surface area (Å²) in [6.07, 6.45) is 3.56. The number of esters is 1. The van der Waals surface area contributed by atoms with E-state index in [1.165, 1.54) is 11.1 Å². The molecule has 2 aromatic rings. The van der Waals surface area contributed by atoms with Crippen LogP contribution >= 0.6 is 0 Å². The molecule has 23 heavy (non-hydrogen) atoms. The van der Waals surface area contributed by atoms with E-state index in [1.54, 1.807) is 0 Å². The summed E-state index contributed by atoms with van der Waals surface area (Å²) in [6.45, 7) is 6.11. The van der Waals surface area contributed by atoms with Crippen LogP contribution in [0.25, 0.3) is 0 Å². The van der Waals surface area contributed by atoms with Gasteiger partial charge in [0.05, 0.1) is 6.42 Å². The van der Waals surface area contributed by atoms with Gasteiger partial charge in [0.15, 0.2) is 0 Å². The lowest BCUT2D eigenvalue weighted by atomic mass is 9.92. The maximum atomic E-state index is 11.9. The molecule has 0 bridgehead atoms. The maximum Gasteiger partial charge on any atom is 0.311 e. The van der Waals surface area contributed by atoms with E-state index in [-0.39, 0.29) is 11.4 Å². The van der Waals surface area contributed by atoms with Gasteiger partial charge in [-0.15, -0.1) is 0 Å². The van der Waals surface area contributed by atoms with E-state index in [4.69, 9.17) is 4.74 Å². The third kappa shape index (κ3) is 6.68. The number of ether oxygens (including phenoxy) is 1. The molecular weight excluding hydrogens is 284 g/mol. The lowest BCUT2D eigenvalue weighted by Crippen LogP contribution is -2.17. The molecule has 0 radical (unpaired) electrons. The zero-order valence-corrected chi connectivity index (χ0v) is 14.3. The molecular formula is C21H26O2. The van der Waals surface area contributed by atoms with Crippen LogP contribution in [0, 0.1) is 5.41 Å². The fourth-order valence-corrected chi connectivity index (χ4v) is 2.51. The van der Waals surface area contributed by atoms with Gasteiger partial charge in [-0.05, 0) is 47.9 Å². The van der Waals surface area contributed by atoms with Crippen LogP contribution in [0.1, 0.15) is 44.7 Å². The summed E-state index contributed by atoms with van der Waals surface area (Å²) < 4.78 is 5.46. The zero-order valence-electron chi connectivity index (χ0n) is 14.3. The zero-order chi connectivity index (χ0) is 16.7. The highest BCUT2D eigenvalue weighted by molar-refractivity contribution is 5.73. The number of aryl methyl sites for hydroxylation is 2. The van der Waals surface area contributed by atoms with Gasteiger partial charge >= 0.3 is 5.97 Å². The Labute approximate surface area is 139 Å². The fraction of sp³-hybridized carbons (Fsp3) is 0.381. The fourth-order valence-electron chi connectivity index (χ4n) is 2.51. The van der Waals surface area contributed by atoms with Crippen molar-refractivity contribution in [2.45, 2.75) is 46.5 Å². The molecule has 0 aliphatic carbocycles. The Morgan fingerprint density at radius 3 is 2.26 bits per heavy atom. The summed E-state index contributed by atoms with van der Waals surface area (Å²) in [5.74, 6) is 0.482. The lowest BCUT2D eigenvalue weighted by Gasteiger charge is -2.16. The number of hydrogen-bond donors (Lipinski definition) is 0. The third-order valence-corrected chi connectivity index (χ3v) is 3.58. The minimum Gasteiger partial charge on any atom is -0.427 e. The van der Waals surface area contributed by atoms with Crippen molar-refractivity contribution in [1.82, 2.24) is 0 Å². The molecule has 0 saturated carbocycles. The van der Waals surface area contributed by atoms with Crippen LogP contribution in [-0.4, -0.2) is 5.97 Å². The molecule has 0 aliphatic rings. The predicted octanol–water partition coefficient (Wildman–Crippen LogP) is 5.20. The third-order valence-electron chi connectivity index (χ3n) is 3.58. The van der Waals surface area contributed by atoms with Crippen LogP contribution < -0.4 is 4.74 Å². The molecule has 2 heteroatoms. The Morgan fingerprint density at radius 2 is 1.57 bits per heavy atom. The van der Waals surface area contributed by atoms with E-state index in [0.717, 1.165) is 19.3 Å². The molecule has 0 saturated heterocycles. The van der Waals surface area contributed by atoms with E-state index < -0.39 is 0 Å². The molecule has 0 amide bonds. The Morgan fingerprint density at radius 1 is 0.913 bits per heavy atom. The average Bonchev–Trinajstić information content (AvgIpc) is 2.46. The van der Waals surface area contributed by atoms with Crippen molar-refractivity contribution >= 4 is 5.97 Å². The SMILES string of the molecule is CC(C)(C)CC(=O)Oc1cccc(CCCc2ccccc2)c1. The number of hydrogen-bond acceptors (Lipinski definition) is 2. The van der Waals surface area contributed by atoms with Gasteiger partial charge in [-0.25, -0.2) is 0 Å². The van der Waals surface area contributed by atoms with E-state index >= 15 is 0 Å². The van der Waals surface area contributed by atoms with Crippen molar-refractivity contribution in [3.05, 3.63) is 65.7 Å². The van der Waals surface area contributed by atoms with Crippen molar-refractivity contribution in [3.63, 3.8) is 0 Å². The molecule has 2 aromatic carbocycles. The van der Waals surface area contributed by atoms with E-state index in [9.17, 15) is 4.79 Å². The lowest BCUT2D eigenvalue weighted by molar-refractivity contribution is -0.136. The summed E-state index contributed by atoms with van der Waals surface area (Å²) in [5.41, 5.74) is 2.52. The Balaban J connectivity index is 1.86. The Bertz CT molecular complexity index is 624. The summed E-state index contributed by atoms with van der Waals surface area (Å²) in [4.78, 5) is 11.9. The topological polar surface area (TPSA) is 26.3 Å². The van der Waals surface area contributed by atoms with Gasteiger partial charge in [0, 0.05) is 0 Å². The minimum absolute atomic E-state index is 0.0512. The number of benzene rings is 2. The summed E-state index contributed by atoms with van der Waals surface area (Å²) in [5, 5.41) is 0. The van der Waals surface area contributed by atoms with Crippen molar-refractivity contribution < 1.29 is 9.53 Å². The molecule has 0 heterocycles. The molecule has 122 valence electrons. The van der Waals surface area contributed by atoms with Crippen LogP contribution in [0.2, 0.25) is 0 Å². The van der Waals surface area contributed by atoms with Crippen LogP contribution in [-0.2, 0) is 17.6 Å². The second kappa shape index (κ2) is 7.96. The first kappa shape index (κ1) is 17.3. The van der Waals surface area contributed by atoms with Crippen molar-refractivity contribution in [2.75, 3.05) is 0 Å². The van der Waals surface area contributed by atoms with Gasteiger partial charge in [0.2, 0.25) is 0 Å². The van der Waals surface area contributed by atoms with Crippen LogP contribution in [0.4, 0.5) is 0 Å². The normalized spacial score (nSPS) is 11.3. The van der Waals surface area contributed by atoms with Crippen molar-refractivity contribution in [2.24, 2.45) is 5.41 Å². The first-order valence-electron chi connectivity index (χ1n) is 8.26. The first-order valence-corrected chi connectivity index (χ1v) is 8.26. The van der Waals surface area contributed by atoms with Crippen LogP contribution in [0.5, 0.6) is 5.75 Å². The highest BCUT2D eigenvalue weighted by Gasteiger charge is 2.17. The summed E-state index contributed by atoms with van der Waals surface area (Å²) in [7, 11) is 0. The average molecular weight is 310 g/mol. The quantitative estimate of drug-likeness (QED) is 0.541. The highest BCUT2D eigenvalue weighted by atomic mass is 16.5. The molecule has 0 atom stereocenters. The summed E-state index contributed by atoms with van der Waals surface area (Å²) in [6, 6.07) is 18.4. The monoisotopic (exact) mass is 310 g/mol. The largest absolute Gasteiger partial charge is 0.427 e. The molecule has 0 N–H and O–H groups in total. The number of carbonyl (C=O) groups excluding carboxylic acids is 1. The van der Waals surface area contributed by atoms with Gasteiger partial charge < -0.3 is 4.74 Å². The minimum atomic E-state index is -0.168. The van der Waals surface area contributed by atoms with Crippen LogP contribution in [0.3, 0.4) is 0 Å². The predicted molar refractivity (Wildman–Crippen MR) is 94.6 cm³/mol. The van der Waals surface area contributed by atoms with E-state index in [1.807, 2.05) is 45.0 Å². The van der Waals surface area contributed by atoms with Gasteiger partial charge in [0.25, 0.3) is 0 Å². The second-order valence-electron chi connectivity index (χ2n) is 7.20. The van der Waals surface area contributed by atoms with Gasteiger partial charge in [-0.3, -0.25) is 4.79 Å².